The van der Waals surface area contributed by atoms with Crippen LogP contribution < -0.4 is 11.0 Å². The Balaban J connectivity index is 1.47. The minimum absolute atomic E-state index is 0.225. The maximum atomic E-state index is 12.8. The maximum Gasteiger partial charge on any atom is 0.350 e. The molecule has 5 rings (SSSR count). The molecule has 0 saturated heterocycles. The molecule has 1 amide bonds. The van der Waals surface area contributed by atoms with Gasteiger partial charge in [-0.25, -0.2) is 18.4 Å². The fraction of sp³-hybridized carbons (Fsp3) is 0.167. The molecular formula is C24H21ClN6O2. The first-order valence-corrected chi connectivity index (χ1v) is 10.9. The van der Waals surface area contributed by atoms with Gasteiger partial charge in [-0.1, -0.05) is 55.8 Å². The molecule has 0 fully saturated rings. The number of carbonyl (C=O) groups excluding carboxylic acids is 1. The van der Waals surface area contributed by atoms with E-state index in [4.69, 9.17) is 11.6 Å². The van der Waals surface area contributed by atoms with Crippen LogP contribution in [-0.4, -0.2) is 29.7 Å². The fourth-order valence-electron chi connectivity index (χ4n) is 3.72. The van der Waals surface area contributed by atoms with E-state index in [0.717, 1.165) is 15.9 Å². The van der Waals surface area contributed by atoms with Gasteiger partial charge in [-0.3, -0.25) is 4.79 Å². The third kappa shape index (κ3) is 4.01. The summed E-state index contributed by atoms with van der Waals surface area (Å²) >= 11 is 5.96. The molecule has 0 radical (unpaired) electrons. The number of nitrogens with one attached hydrogen (secondary N) is 1. The van der Waals surface area contributed by atoms with Crippen LogP contribution in [0.3, 0.4) is 0 Å². The number of anilines is 1. The van der Waals surface area contributed by atoms with E-state index in [0.29, 0.717) is 27.8 Å². The van der Waals surface area contributed by atoms with Crippen molar-refractivity contribution in [3.63, 3.8) is 0 Å². The highest BCUT2D eigenvalue weighted by Crippen LogP contribution is 2.24. The second-order valence-electron chi connectivity index (χ2n) is 8.13. The summed E-state index contributed by atoms with van der Waals surface area (Å²) in [4.78, 5) is 25.3. The maximum absolute atomic E-state index is 12.8. The molecule has 0 saturated carbocycles. The molecule has 0 aliphatic heterocycles. The number of rotatable bonds is 5. The number of hydrogen-bond donors (Lipinski definition) is 1. The summed E-state index contributed by atoms with van der Waals surface area (Å²) in [6.45, 7) is 4.08. The predicted octanol–water partition coefficient (Wildman–Crippen LogP) is 4.23. The minimum atomic E-state index is -0.405. The topological polar surface area (TPSA) is 85.7 Å². The van der Waals surface area contributed by atoms with Crippen molar-refractivity contribution in [2.24, 2.45) is 0 Å². The van der Waals surface area contributed by atoms with Gasteiger partial charge in [0.05, 0.1) is 5.69 Å². The predicted molar refractivity (Wildman–Crippen MR) is 128 cm³/mol. The average Bonchev–Trinajstić information content (AvgIpc) is 3.35. The van der Waals surface area contributed by atoms with Crippen LogP contribution in [0.25, 0.3) is 22.4 Å². The van der Waals surface area contributed by atoms with Gasteiger partial charge in [0.1, 0.15) is 12.1 Å². The van der Waals surface area contributed by atoms with Crippen LogP contribution in [0.2, 0.25) is 5.02 Å². The normalized spacial score (nSPS) is 11.5. The Morgan fingerprint density at radius 2 is 1.85 bits per heavy atom. The van der Waals surface area contributed by atoms with Crippen molar-refractivity contribution < 1.29 is 4.79 Å². The number of carbonyl (C=O) groups is 1. The molecule has 3 heterocycles. The molecule has 166 valence electrons. The first-order valence-electron chi connectivity index (χ1n) is 10.5. The lowest BCUT2D eigenvalue weighted by molar-refractivity contribution is -0.117. The number of aromatic nitrogens is 5. The smallest absolute Gasteiger partial charge is 0.324 e. The molecule has 0 unspecified atom stereocenters. The number of fused-ring (bicyclic) bond motifs is 3. The third-order valence-corrected chi connectivity index (χ3v) is 5.70. The van der Waals surface area contributed by atoms with Crippen molar-refractivity contribution in [2.45, 2.75) is 26.3 Å². The first kappa shape index (κ1) is 21.0. The summed E-state index contributed by atoms with van der Waals surface area (Å²) in [6, 6.07) is 17.0. The Bertz CT molecular complexity index is 1550. The van der Waals surface area contributed by atoms with Crippen molar-refractivity contribution >= 4 is 34.4 Å². The Hall–Kier alpha value is -3.91. The largest absolute Gasteiger partial charge is 0.350 e. The quantitative estimate of drug-likeness (QED) is 0.425. The summed E-state index contributed by atoms with van der Waals surface area (Å²) < 4.78 is 4.23. The molecule has 3 aromatic heterocycles. The van der Waals surface area contributed by atoms with Gasteiger partial charge in [0, 0.05) is 28.7 Å². The molecule has 0 aliphatic carbocycles. The van der Waals surface area contributed by atoms with Gasteiger partial charge in [-0.15, -0.1) is 5.10 Å². The average molecular weight is 461 g/mol. The number of nitrogens with zero attached hydrogens (tertiary/aromatic N) is 5. The van der Waals surface area contributed by atoms with Crippen molar-refractivity contribution in [1.82, 2.24) is 23.8 Å². The molecule has 0 atom stereocenters. The van der Waals surface area contributed by atoms with E-state index in [2.05, 4.69) is 41.5 Å². The van der Waals surface area contributed by atoms with E-state index in [1.165, 1.54) is 9.96 Å². The Morgan fingerprint density at radius 1 is 1.06 bits per heavy atom. The van der Waals surface area contributed by atoms with E-state index < -0.39 is 5.69 Å². The third-order valence-electron chi connectivity index (χ3n) is 5.47. The summed E-state index contributed by atoms with van der Waals surface area (Å²) in [6.07, 6.45) is 3.30. The molecule has 2 aromatic carbocycles. The minimum Gasteiger partial charge on any atom is -0.324 e. The van der Waals surface area contributed by atoms with E-state index in [1.807, 2.05) is 18.2 Å². The van der Waals surface area contributed by atoms with Gasteiger partial charge in [-0.2, -0.15) is 5.10 Å². The van der Waals surface area contributed by atoms with Crippen molar-refractivity contribution in [2.75, 3.05) is 5.32 Å². The van der Waals surface area contributed by atoms with Gasteiger partial charge < -0.3 is 5.32 Å². The van der Waals surface area contributed by atoms with Crippen molar-refractivity contribution in [1.29, 1.82) is 0 Å². The number of amides is 1. The molecule has 0 aliphatic rings. The second kappa shape index (κ2) is 8.22. The van der Waals surface area contributed by atoms with E-state index in [9.17, 15) is 9.59 Å². The SMILES string of the molecule is CC(C)c1ccc(-c2cc3c4nn(CC(=O)Nc5cccc(Cl)c5)c(=O)n4ccn3n2)cc1. The van der Waals surface area contributed by atoms with Gasteiger partial charge in [-0.05, 0) is 35.7 Å². The highest BCUT2D eigenvalue weighted by Gasteiger charge is 2.15. The van der Waals surface area contributed by atoms with Crippen LogP contribution in [0.1, 0.15) is 25.3 Å². The molecule has 9 heteroatoms. The van der Waals surface area contributed by atoms with Crippen molar-refractivity contribution in [3.8, 4) is 11.3 Å². The standard InChI is InChI=1S/C24H21ClN6O2/c1-15(2)16-6-8-17(9-7-16)20-13-21-23-28-31(24(33)29(23)10-11-30(21)27-20)14-22(32)26-19-5-3-4-18(25)12-19/h3-13,15H,14H2,1-2H3,(H,26,32). The lowest BCUT2D eigenvalue weighted by Gasteiger charge is -2.05. The van der Waals surface area contributed by atoms with Crippen LogP contribution in [0.4, 0.5) is 5.69 Å². The molecule has 0 bridgehead atoms. The first-order chi connectivity index (χ1) is 15.9. The van der Waals surface area contributed by atoms with Crippen LogP contribution >= 0.6 is 11.6 Å². The highest BCUT2D eigenvalue weighted by molar-refractivity contribution is 6.30. The molecule has 0 spiro atoms. The second-order valence-corrected chi connectivity index (χ2v) is 8.56. The molecule has 1 N–H and O–H groups in total. The van der Waals surface area contributed by atoms with Gasteiger partial charge in [0.25, 0.3) is 0 Å². The van der Waals surface area contributed by atoms with Gasteiger partial charge in [0.15, 0.2) is 5.65 Å². The molecule has 33 heavy (non-hydrogen) atoms. The zero-order valence-electron chi connectivity index (χ0n) is 18.1. The summed E-state index contributed by atoms with van der Waals surface area (Å²) in [5.41, 5.74) is 4.25. The Morgan fingerprint density at radius 3 is 2.58 bits per heavy atom. The van der Waals surface area contributed by atoms with Crippen LogP contribution in [0.5, 0.6) is 0 Å². The lowest BCUT2D eigenvalue weighted by Crippen LogP contribution is -2.28. The van der Waals surface area contributed by atoms with Crippen LogP contribution in [-0.2, 0) is 11.3 Å². The lowest BCUT2D eigenvalue weighted by atomic mass is 10.0. The number of benzene rings is 2. The fourth-order valence-corrected chi connectivity index (χ4v) is 3.91. The number of hydrogen-bond acceptors (Lipinski definition) is 4. The zero-order chi connectivity index (χ0) is 23.1. The summed E-state index contributed by atoms with van der Waals surface area (Å²) in [7, 11) is 0. The number of halogens is 1. The zero-order valence-corrected chi connectivity index (χ0v) is 18.8. The Labute approximate surface area is 194 Å². The molecular weight excluding hydrogens is 440 g/mol. The molecule has 8 nitrogen and oxygen atoms in total. The Kier molecular flexibility index (Phi) is 5.22. The van der Waals surface area contributed by atoms with Gasteiger partial charge in [0.2, 0.25) is 5.91 Å². The molecule has 5 aromatic rings. The summed E-state index contributed by atoms with van der Waals surface area (Å²) in [5, 5.41) is 12.3. The van der Waals surface area contributed by atoms with E-state index in [1.54, 1.807) is 41.2 Å². The summed E-state index contributed by atoms with van der Waals surface area (Å²) in [5.74, 6) is 0.0740. The van der Waals surface area contributed by atoms with E-state index in [-0.39, 0.29) is 12.5 Å². The van der Waals surface area contributed by atoms with Gasteiger partial charge >= 0.3 is 5.69 Å². The van der Waals surface area contributed by atoms with Crippen LogP contribution in [0, 0.1) is 0 Å². The van der Waals surface area contributed by atoms with E-state index >= 15 is 0 Å². The van der Waals surface area contributed by atoms with Crippen molar-refractivity contribution in [3.05, 3.63) is 88.1 Å². The monoisotopic (exact) mass is 460 g/mol. The van der Waals surface area contributed by atoms with Crippen LogP contribution in [0.15, 0.2) is 71.8 Å². The highest BCUT2D eigenvalue weighted by atomic mass is 35.5.